The van der Waals surface area contributed by atoms with E-state index in [1.807, 2.05) is 36.4 Å². The van der Waals surface area contributed by atoms with Crippen molar-refractivity contribution >= 4 is 11.5 Å². The van der Waals surface area contributed by atoms with Crippen LogP contribution in [-0.4, -0.2) is 18.9 Å². The van der Waals surface area contributed by atoms with Crippen LogP contribution in [-0.2, 0) is 6.42 Å². The molecule has 0 aromatic heterocycles. The Kier molecular flexibility index (Phi) is 3.32. The number of carbonyl (C=O) groups is 1. The Morgan fingerprint density at radius 2 is 1.74 bits per heavy atom. The molecule has 2 aromatic rings. The average Bonchev–Trinajstić information content (AvgIpc) is 2.48. The molecule has 96 valence electrons. The minimum atomic E-state index is 0.192. The second-order valence-corrected chi connectivity index (χ2v) is 4.94. The van der Waals surface area contributed by atoms with E-state index < -0.39 is 0 Å². The van der Waals surface area contributed by atoms with Crippen LogP contribution in [0, 0.1) is 0 Å². The van der Waals surface area contributed by atoms with E-state index in [0.717, 1.165) is 24.9 Å². The van der Waals surface area contributed by atoms with Gasteiger partial charge in [0.2, 0.25) is 0 Å². The summed E-state index contributed by atoms with van der Waals surface area (Å²) in [5.41, 5.74) is 3.37. The van der Waals surface area contributed by atoms with Crippen LogP contribution in [0.3, 0.4) is 0 Å². The summed E-state index contributed by atoms with van der Waals surface area (Å²) in [5, 5.41) is 0. The lowest BCUT2D eigenvalue weighted by atomic mass is 10.0. The summed E-state index contributed by atoms with van der Waals surface area (Å²) >= 11 is 0. The Balaban J connectivity index is 1.80. The molecule has 0 saturated heterocycles. The minimum absolute atomic E-state index is 0.192. The monoisotopic (exact) mass is 251 g/mol. The lowest BCUT2D eigenvalue weighted by Gasteiger charge is -2.30. The summed E-state index contributed by atoms with van der Waals surface area (Å²) in [7, 11) is 0. The van der Waals surface area contributed by atoms with Gasteiger partial charge in [-0.1, -0.05) is 48.5 Å². The summed E-state index contributed by atoms with van der Waals surface area (Å²) in [6, 6.07) is 17.9. The molecular formula is C17H17NO. The van der Waals surface area contributed by atoms with Gasteiger partial charge in [0.25, 0.3) is 0 Å². The van der Waals surface area contributed by atoms with Crippen molar-refractivity contribution in [1.82, 2.24) is 0 Å². The maximum atomic E-state index is 12.3. The van der Waals surface area contributed by atoms with E-state index >= 15 is 0 Å². The molecule has 1 aliphatic heterocycles. The van der Waals surface area contributed by atoms with Crippen molar-refractivity contribution in [1.29, 1.82) is 0 Å². The predicted molar refractivity (Wildman–Crippen MR) is 77.7 cm³/mol. The molecule has 0 saturated carbocycles. The van der Waals surface area contributed by atoms with Crippen molar-refractivity contribution in [2.24, 2.45) is 0 Å². The maximum Gasteiger partial charge on any atom is 0.182 e. The smallest absolute Gasteiger partial charge is 0.182 e. The molecule has 1 heterocycles. The first kappa shape index (κ1) is 12.0. The molecule has 0 spiro atoms. The first-order valence-electron chi connectivity index (χ1n) is 6.76. The number of hydrogen-bond acceptors (Lipinski definition) is 2. The highest BCUT2D eigenvalue weighted by Gasteiger charge is 2.18. The standard InChI is InChI=1S/C17H17NO/c19-17(15-8-2-1-3-9-15)13-18-12-6-10-14-7-4-5-11-16(14)18/h1-5,7-9,11H,6,10,12-13H2. The van der Waals surface area contributed by atoms with E-state index in [-0.39, 0.29) is 5.78 Å². The number of anilines is 1. The van der Waals surface area contributed by atoms with E-state index in [0.29, 0.717) is 6.54 Å². The fourth-order valence-corrected chi connectivity index (χ4v) is 2.66. The fraction of sp³-hybridized carbons (Fsp3) is 0.235. The van der Waals surface area contributed by atoms with Gasteiger partial charge in [-0.25, -0.2) is 0 Å². The van der Waals surface area contributed by atoms with E-state index in [1.54, 1.807) is 0 Å². The predicted octanol–water partition coefficient (Wildman–Crippen LogP) is 3.32. The van der Waals surface area contributed by atoms with Crippen LogP contribution in [0.5, 0.6) is 0 Å². The van der Waals surface area contributed by atoms with Crippen LogP contribution in [0.15, 0.2) is 54.6 Å². The van der Waals surface area contributed by atoms with Crippen LogP contribution in [0.4, 0.5) is 5.69 Å². The van der Waals surface area contributed by atoms with Gasteiger partial charge in [0, 0.05) is 17.8 Å². The zero-order valence-electron chi connectivity index (χ0n) is 10.9. The lowest BCUT2D eigenvalue weighted by molar-refractivity contribution is 0.0998. The van der Waals surface area contributed by atoms with Gasteiger partial charge in [-0.3, -0.25) is 4.79 Å². The summed E-state index contributed by atoms with van der Waals surface area (Å²) in [6.07, 6.45) is 2.24. The average molecular weight is 251 g/mol. The molecule has 0 unspecified atom stereocenters. The summed E-state index contributed by atoms with van der Waals surface area (Å²) in [4.78, 5) is 14.5. The molecule has 19 heavy (non-hydrogen) atoms. The highest BCUT2D eigenvalue weighted by Crippen LogP contribution is 2.26. The van der Waals surface area contributed by atoms with Gasteiger partial charge in [0.15, 0.2) is 5.78 Å². The van der Waals surface area contributed by atoms with Gasteiger partial charge < -0.3 is 4.90 Å². The Bertz CT molecular complexity index is 577. The normalized spacial score (nSPS) is 14.0. The fourth-order valence-electron chi connectivity index (χ4n) is 2.66. The number of hydrogen-bond donors (Lipinski definition) is 0. The summed E-state index contributed by atoms with van der Waals surface area (Å²) in [6.45, 7) is 1.44. The molecular weight excluding hydrogens is 234 g/mol. The second kappa shape index (κ2) is 5.27. The van der Waals surface area contributed by atoms with Crippen molar-refractivity contribution in [3.8, 4) is 0 Å². The minimum Gasteiger partial charge on any atom is -0.364 e. The van der Waals surface area contributed by atoms with Crippen molar-refractivity contribution in [3.63, 3.8) is 0 Å². The highest BCUT2D eigenvalue weighted by molar-refractivity contribution is 5.99. The van der Waals surface area contributed by atoms with Crippen LogP contribution < -0.4 is 4.90 Å². The van der Waals surface area contributed by atoms with E-state index in [2.05, 4.69) is 23.1 Å². The number of carbonyl (C=O) groups excluding carboxylic acids is 1. The number of ketones is 1. The molecule has 0 radical (unpaired) electrons. The molecule has 2 nitrogen and oxygen atoms in total. The van der Waals surface area contributed by atoms with Crippen LogP contribution >= 0.6 is 0 Å². The largest absolute Gasteiger partial charge is 0.364 e. The zero-order valence-corrected chi connectivity index (χ0v) is 10.9. The van der Waals surface area contributed by atoms with Crippen molar-refractivity contribution in [3.05, 3.63) is 65.7 Å². The van der Waals surface area contributed by atoms with Crippen LogP contribution in [0.2, 0.25) is 0 Å². The first-order valence-corrected chi connectivity index (χ1v) is 6.76. The number of para-hydroxylation sites is 1. The Morgan fingerprint density at radius 3 is 2.58 bits per heavy atom. The van der Waals surface area contributed by atoms with Gasteiger partial charge in [-0.2, -0.15) is 0 Å². The number of Topliss-reactive ketones (excluding diaryl/α,β-unsaturated/α-hetero) is 1. The van der Waals surface area contributed by atoms with Gasteiger partial charge in [0.05, 0.1) is 6.54 Å². The molecule has 3 rings (SSSR count). The molecule has 0 atom stereocenters. The van der Waals surface area contributed by atoms with Gasteiger partial charge in [-0.15, -0.1) is 0 Å². The van der Waals surface area contributed by atoms with Gasteiger partial charge in [0.1, 0.15) is 0 Å². The third-order valence-electron chi connectivity index (χ3n) is 3.64. The molecule has 0 fully saturated rings. The molecule has 0 aliphatic carbocycles. The van der Waals surface area contributed by atoms with Crippen molar-refractivity contribution in [2.75, 3.05) is 18.0 Å². The Morgan fingerprint density at radius 1 is 1.00 bits per heavy atom. The SMILES string of the molecule is O=C(CN1CCCc2ccccc21)c1ccccc1. The van der Waals surface area contributed by atoms with Crippen molar-refractivity contribution < 1.29 is 4.79 Å². The molecule has 2 aromatic carbocycles. The van der Waals surface area contributed by atoms with Crippen LogP contribution in [0.1, 0.15) is 22.3 Å². The van der Waals surface area contributed by atoms with Crippen molar-refractivity contribution in [2.45, 2.75) is 12.8 Å². The summed E-state index contributed by atoms with van der Waals surface area (Å²) in [5.74, 6) is 0.192. The first-order chi connectivity index (χ1) is 9.34. The molecule has 0 N–H and O–H groups in total. The number of aryl methyl sites for hydroxylation is 1. The quantitative estimate of drug-likeness (QED) is 0.780. The third kappa shape index (κ3) is 2.53. The topological polar surface area (TPSA) is 20.3 Å². The molecule has 1 aliphatic rings. The van der Waals surface area contributed by atoms with E-state index in [4.69, 9.17) is 0 Å². The number of rotatable bonds is 3. The van der Waals surface area contributed by atoms with E-state index in [9.17, 15) is 4.79 Å². The van der Waals surface area contributed by atoms with Crippen LogP contribution in [0.25, 0.3) is 0 Å². The lowest BCUT2D eigenvalue weighted by Crippen LogP contribution is -2.34. The molecule has 0 amide bonds. The second-order valence-electron chi connectivity index (χ2n) is 4.94. The third-order valence-corrected chi connectivity index (χ3v) is 3.64. The number of fused-ring (bicyclic) bond motifs is 1. The Labute approximate surface area is 113 Å². The van der Waals surface area contributed by atoms with Gasteiger partial charge >= 0.3 is 0 Å². The molecule has 2 heteroatoms. The highest BCUT2D eigenvalue weighted by atomic mass is 16.1. The number of benzene rings is 2. The van der Waals surface area contributed by atoms with E-state index in [1.165, 1.54) is 11.3 Å². The molecule has 0 bridgehead atoms. The van der Waals surface area contributed by atoms with Gasteiger partial charge in [-0.05, 0) is 24.5 Å². The maximum absolute atomic E-state index is 12.3. The zero-order chi connectivity index (χ0) is 13.1. The number of nitrogens with zero attached hydrogens (tertiary/aromatic N) is 1. The Hall–Kier alpha value is -2.09. The summed E-state index contributed by atoms with van der Waals surface area (Å²) < 4.78 is 0.